The van der Waals surface area contributed by atoms with Gasteiger partial charge in [0.2, 0.25) is 0 Å². The maximum atomic E-state index is 12.1. The third-order valence-corrected chi connectivity index (χ3v) is 5.08. The summed E-state index contributed by atoms with van der Waals surface area (Å²) in [7, 11) is 0. The molecule has 2 aliphatic heterocycles. The Balaban J connectivity index is 1.45. The quantitative estimate of drug-likeness (QED) is 0.718. The van der Waals surface area contributed by atoms with Crippen molar-refractivity contribution in [2.24, 2.45) is 5.41 Å². The summed E-state index contributed by atoms with van der Waals surface area (Å²) in [5, 5.41) is 0. The molecule has 1 aromatic rings. The molecule has 0 aromatic carbocycles. The lowest BCUT2D eigenvalue weighted by atomic mass is 9.72. The van der Waals surface area contributed by atoms with E-state index in [9.17, 15) is 4.79 Å². The fourth-order valence-corrected chi connectivity index (χ4v) is 3.70. The van der Waals surface area contributed by atoms with Crippen LogP contribution in [0.1, 0.15) is 39.2 Å². The van der Waals surface area contributed by atoms with Crippen LogP contribution < -0.4 is 0 Å². The van der Waals surface area contributed by atoms with Crippen molar-refractivity contribution in [3.63, 3.8) is 0 Å². The molecule has 0 radical (unpaired) electrons. The van der Waals surface area contributed by atoms with E-state index in [0.29, 0.717) is 10.1 Å². The smallest absolute Gasteiger partial charge is 0.410 e. The lowest BCUT2D eigenvalue weighted by molar-refractivity contribution is -0.0551. The number of carbonyl (C=O) groups excluding carboxylic acids is 1. The Labute approximate surface area is 151 Å². The van der Waals surface area contributed by atoms with Crippen LogP contribution >= 0.6 is 15.9 Å². The summed E-state index contributed by atoms with van der Waals surface area (Å²) in [6, 6.07) is 0. The third kappa shape index (κ3) is 4.25. The minimum Gasteiger partial charge on any atom is -0.444 e. The fraction of sp³-hybridized carbons (Fsp3) is 0.706. The Morgan fingerprint density at radius 3 is 2.38 bits per heavy atom. The number of hydrogen-bond donors (Lipinski definition) is 0. The van der Waals surface area contributed by atoms with Gasteiger partial charge in [-0.15, -0.1) is 0 Å². The number of rotatable bonds is 2. The Kier molecular flexibility index (Phi) is 4.84. The summed E-state index contributed by atoms with van der Waals surface area (Å²) in [6.07, 6.45) is 5.67. The molecule has 2 fully saturated rings. The number of nitrogens with zero attached hydrogens (tertiary/aromatic N) is 4. The summed E-state index contributed by atoms with van der Waals surface area (Å²) in [6.45, 7) is 10.4. The van der Waals surface area contributed by atoms with Gasteiger partial charge in [0, 0.05) is 50.7 Å². The van der Waals surface area contributed by atoms with Gasteiger partial charge in [0.05, 0.1) is 0 Å². The van der Waals surface area contributed by atoms with Crippen molar-refractivity contribution in [3.05, 3.63) is 22.7 Å². The van der Waals surface area contributed by atoms with Gasteiger partial charge in [-0.25, -0.2) is 14.8 Å². The highest BCUT2D eigenvalue weighted by molar-refractivity contribution is 9.10. The van der Waals surface area contributed by atoms with E-state index in [1.807, 2.05) is 38.1 Å². The maximum Gasteiger partial charge on any atom is 0.410 e. The first-order valence-electron chi connectivity index (χ1n) is 8.41. The van der Waals surface area contributed by atoms with E-state index < -0.39 is 5.60 Å². The lowest BCUT2D eigenvalue weighted by Crippen LogP contribution is -2.60. The molecular weight excluding hydrogens is 372 g/mol. The maximum absolute atomic E-state index is 12.1. The highest BCUT2D eigenvalue weighted by atomic mass is 79.9. The van der Waals surface area contributed by atoms with Gasteiger partial charge < -0.3 is 9.64 Å². The number of likely N-dealkylation sites (tertiary alicyclic amines) is 2. The summed E-state index contributed by atoms with van der Waals surface area (Å²) in [5.74, 6) is 0. The van der Waals surface area contributed by atoms with Crippen LogP contribution in [0.5, 0.6) is 0 Å². The second-order valence-electron chi connectivity index (χ2n) is 7.97. The van der Waals surface area contributed by atoms with E-state index in [1.54, 1.807) is 0 Å². The molecule has 1 amide bonds. The van der Waals surface area contributed by atoms with Crippen molar-refractivity contribution in [3.8, 4) is 0 Å². The lowest BCUT2D eigenvalue weighted by Gasteiger charge is -2.54. The number of ether oxygens (including phenoxy) is 1. The summed E-state index contributed by atoms with van der Waals surface area (Å²) in [4.78, 5) is 24.8. The van der Waals surface area contributed by atoms with Gasteiger partial charge in [0.1, 0.15) is 5.60 Å². The van der Waals surface area contributed by atoms with E-state index in [4.69, 9.17) is 4.74 Å². The predicted octanol–water partition coefficient (Wildman–Crippen LogP) is 3.07. The molecule has 24 heavy (non-hydrogen) atoms. The number of hydrogen-bond acceptors (Lipinski definition) is 5. The highest BCUT2D eigenvalue weighted by Crippen LogP contribution is 2.41. The van der Waals surface area contributed by atoms with Crippen molar-refractivity contribution < 1.29 is 9.53 Å². The highest BCUT2D eigenvalue weighted by Gasteiger charge is 2.45. The number of aromatic nitrogens is 2. The molecule has 0 atom stereocenters. The zero-order chi connectivity index (χ0) is 17.4. The molecule has 0 bridgehead atoms. The molecule has 6 nitrogen and oxygen atoms in total. The van der Waals surface area contributed by atoms with Crippen LogP contribution in [0.15, 0.2) is 17.1 Å². The van der Waals surface area contributed by atoms with Crippen molar-refractivity contribution in [2.45, 2.75) is 45.8 Å². The zero-order valence-electron chi connectivity index (χ0n) is 14.6. The molecule has 7 heteroatoms. The van der Waals surface area contributed by atoms with Crippen LogP contribution in [-0.4, -0.2) is 57.6 Å². The molecule has 132 valence electrons. The number of piperidine rings is 1. The van der Waals surface area contributed by atoms with E-state index in [-0.39, 0.29) is 6.09 Å². The second-order valence-corrected chi connectivity index (χ2v) is 8.68. The fourth-order valence-electron chi connectivity index (χ4n) is 3.50. The average Bonchev–Trinajstić information content (AvgIpc) is 2.47. The molecule has 3 rings (SSSR count). The molecule has 1 aromatic heterocycles. The van der Waals surface area contributed by atoms with Crippen LogP contribution in [0.4, 0.5) is 4.79 Å². The zero-order valence-corrected chi connectivity index (χ0v) is 16.2. The van der Waals surface area contributed by atoms with Crippen LogP contribution in [0.25, 0.3) is 0 Å². The Morgan fingerprint density at radius 1 is 1.25 bits per heavy atom. The van der Waals surface area contributed by atoms with E-state index in [0.717, 1.165) is 51.1 Å². The van der Waals surface area contributed by atoms with Gasteiger partial charge in [0.15, 0.2) is 4.73 Å². The molecule has 2 aliphatic rings. The van der Waals surface area contributed by atoms with Crippen LogP contribution in [-0.2, 0) is 11.3 Å². The van der Waals surface area contributed by atoms with E-state index in [2.05, 4.69) is 30.8 Å². The second kappa shape index (κ2) is 6.59. The standard InChI is InChI=1S/C17H25BrN4O2/c1-16(2,3)24-15(23)22-6-4-17(5-7-22)11-21(12-17)10-13-8-19-14(18)20-9-13/h8-9H,4-7,10-12H2,1-3H3. The van der Waals surface area contributed by atoms with Gasteiger partial charge in [0.25, 0.3) is 0 Å². The van der Waals surface area contributed by atoms with Crippen LogP contribution in [0, 0.1) is 5.41 Å². The topological polar surface area (TPSA) is 58.6 Å². The largest absolute Gasteiger partial charge is 0.444 e. The molecule has 0 N–H and O–H groups in total. The van der Waals surface area contributed by atoms with Crippen molar-refractivity contribution in [1.29, 1.82) is 0 Å². The van der Waals surface area contributed by atoms with Gasteiger partial charge in [-0.2, -0.15) is 0 Å². The SMILES string of the molecule is CC(C)(C)OC(=O)N1CCC2(CC1)CN(Cc1cnc(Br)nc1)C2. The first-order chi connectivity index (χ1) is 11.2. The Bertz CT molecular complexity index is 584. The molecule has 1 spiro atoms. The molecular formula is C17H25BrN4O2. The summed E-state index contributed by atoms with van der Waals surface area (Å²) >= 11 is 3.26. The van der Waals surface area contributed by atoms with Crippen molar-refractivity contribution >= 4 is 22.0 Å². The Hall–Kier alpha value is -1.21. The summed E-state index contributed by atoms with van der Waals surface area (Å²) < 4.78 is 6.09. The van der Waals surface area contributed by atoms with Gasteiger partial charge >= 0.3 is 6.09 Å². The Morgan fingerprint density at radius 2 is 1.83 bits per heavy atom. The predicted molar refractivity (Wildman–Crippen MR) is 94.5 cm³/mol. The molecule has 0 saturated carbocycles. The molecule has 3 heterocycles. The number of amides is 1. The number of carbonyl (C=O) groups is 1. The average molecular weight is 397 g/mol. The minimum absolute atomic E-state index is 0.180. The monoisotopic (exact) mass is 396 g/mol. The van der Waals surface area contributed by atoms with Gasteiger partial charge in [-0.3, -0.25) is 4.90 Å². The molecule has 0 unspecified atom stereocenters. The molecule has 2 saturated heterocycles. The van der Waals surface area contributed by atoms with E-state index >= 15 is 0 Å². The van der Waals surface area contributed by atoms with Crippen LogP contribution in [0.3, 0.4) is 0 Å². The first kappa shape index (κ1) is 17.6. The minimum atomic E-state index is -0.424. The van der Waals surface area contributed by atoms with Gasteiger partial charge in [-0.05, 0) is 55.0 Å². The number of halogens is 1. The van der Waals surface area contributed by atoms with Crippen LogP contribution in [0.2, 0.25) is 0 Å². The summed E-state index contributed by atoms with van der Waals surface area (Å²) in [5.41, 5.74) is 1.08. The first-order valence-corrected chi connectivity index (χ1v) is 9.21. The normalized spacial score (nSPS) is 20.8. The van der Waals surface area contributed by atoms with Crippen molar-refractivity contribution in [2.75, 3.05) is 26.2 Å². The van der Waals surface area contributed by atoms with Crippen molar-refractivity contribution in [1.82, 2.24) is 19.8 Å². The third-order valence-electron chi connectivity index (χ3n) is 4.67. The van der Waals surface area contributed by atoms with E-state index in [1.165, 1.54) is 0 Å². The van der Waals surface area contributed by atoms with Gasteiger partial charge in [-0.1, -0.05) is 0 Å². The molecule has 0 aliphatic carbocycles.